The number of hydrogen-bond donors (Lipinski definition) is 1. The van der Waals surface area contributed by atoms with Crippen LogP contribution in [-0.4, -0.2) is 24.5 Å². The largest absolute Gasteiger partial charge is 0.365 e. The average Bonchev–Trinajstić information content (AvgIpc) is 1.90. The van der Waals surface area contributed by atoms with Crippen molar-refractivity contribution in [1.29, 1.82) is 0 Å². The Morgan fingerprint density at radius 2 is 2.56 bits per heavy atom. The third-order valence-electron chi connectivity index (χ3n) is 1.31. The summed E-state index contributed by atoms with van der Waals surface area (Å²) in [4.78, 5) is 4.05. The van der Waals surface area contributed by atoms with Crippen LogP contribution in [0.25, 0.3) is 0 Å². The summed E-state index contributed by atoms with van der Waals surface area (Å²) in [6, 6.07) is 0. The molecule has 1 unspecified atom stereocenters. The SMILES string of the molecule is CN=C1NCC(C)CS1. The minimum absolute atomic E-state index is 0.792. The van der Waals surface area contributed by atoms with Gasteiger partial charge < -0.3 is 5.32 Å². The highest BCUT2D eigenvalue weighted by Crippen LogP contribution is 2.13. The Hall–Kier alpha value is -0.180. The van der Waals surface area contributed by atoms with E-state index >= 15 is 0 Å². The van der Waals surface area contributed by atoms with Crippen molar-refractivity contribution in [3.8, 4) is 0 Å². The summed E-state index contributed by atoms with van der Waals surface area (Å²) in [6.07, 6.45) is 0. The first kappa shape index (κ1) is 6.93. The number of thioether (sulfide) groups is 1. The van der Waals surface area contributed by atoms with Gasteiger partial charge in [0.2, 0.25) is 0 Å². The molecule has 1 rings (SSSR count). The van der Waals surface area contributed by atoms with Gasteiger partial charge in [0.05, 0.1) is 0 Å². The van der Waals surface area contributed by atoms with Gasteiger partial charge in [0.1, 0.15) is 0 Å². The highest BCUT2D eigenvalue weighted by Gasteiger charge is 2.11. The van der Waals surface area contributed by atoms with Gasteiger partial charge in [-0.2, -0.15) is 0 Å². The second kappa shape index (κ2) is 3.11. The van der Waals surface area contributed by atoms with Crippen molar-refractivity contribution in [2.75, 3.05) is 19.3 Å². The van der Waals surface area contributed by atoms with E-state index in [-0.39, 0.29) is 0 Å². The molecule has 0 aromatic heterocycles. The molecule has 1 aliphatic rings. The summed E-state index contributed by atoms with van der Waals surface area (Å²) in [7, 11) is 1.82. The molecule has 0 aromatic carbocycles. The summed E-state index contributed by atoms with van der Waals surface area (Å²) in [5, 5.41) is 4.32. The Labute approximate surface area is 60.1 Å². The van der Waals surface area contributed by atoms with Gasteiger partial charge in [-0.1, -0.05) is 18.7 Å². The lowest BCUT2D eigenvalue weighted by Crippen LogP contribution is -2.32. The second-order valence-electron chi connectivity index (χ2n) is 2.33. The molecule has 1 fully saturated rings. The number of aliphatic imine (C=N–C) groups is 1. The van der Waals surface area contributed by atoms with Crippen LogP contribution in [0.2, 0.25) is 0 Å². The van der Waals surface area contributed by atoms with Gasteiger partial charge in [-0.15, -0.1) is 0 Å². The highest BCUT2D eigenvalue weighted by atomic mass is 32.2. The maximum Gasteiger partial charge on any atom is 0.156 e. The number of amidine groups is 1. The molecule has 1 heterocycles. The number of nitrogens with one attached hydrogen (secondary N) is 1. The summed E-state index contributed by atoms with van der Waals surface area (Å²) in [6.45, 7) is 3.33. The number of hydrogen-bond acceptors (Lipinski definition) is 2. The molecule has 0 aliphatic carbocycles. The summed E-state index contributed by atoms with van der Waals surface area (Å²) >= 11 is 1.81. The van der Waals surface area contributed by atoms with E-state index in [1.165, 1.54) is 5.75 Å². The maximum atomic E-state index is 4.05. The highest BCUT2D eigenvalue weighted by molar-refractivity contribution is 8.13. The molecular formula is C6H12N2S. The summed E-state index contributed by atoms with van der Waals surface area (Å²) < 4.78 is 0. The first-order valence-corrected chi connectivity index (χ1v) is 4.15. The van der Waals surface area contributed by atoms with Crippen LogP contribution in [0.5, 0.6) is 0 Å². The first-order valence-electron chi connectivity index (χ1n) is 3.16. The molecule has 0 radical (unpaired) electrons. The lowest BCUT2D eigenvalue weighted by atomic mass is 10.2. The minimum Gasteiger partial charge on any atom is -0.365 e. The molecule has 0 bridgehead atoms. The summed E-state index contributed by atoms with van der Waals surface area (Å²) in [5.74, 6) is 2.00. The Morgan fingerprint density at radius 1 is 1.78 bits per heavy atom. The van der Waals surface area contributed by atoms with Crippen LogP contribution in [0.3, 0.4) is 0 Å². The van der Waals surface area contributed by atoms with Crippen LogP contribution in [0, 0.1) is 5.92 Å². The van der Waals surface area contributed by atoms with Crippen LogP contribution in [0.1, 0.15) is 6.92 Å². The fourth-order valence-electron chi connectivity index (χ4n) is 0.736. The van der Waals surface area contributed by atoms with Crippen LogP contribution >= 0.6 is 11.8 Å². The minimum atomic E-state index is 0.792. The first-order chi connectivity index (χ1) is 4.33. The molecule has 0 spiro atoms. The van der Waals surface area contributed by atoms with E-state index in [2.05, 4.69) is 17.2 Å². The van der Waals surface area contributed by atoms with Crippen LogP contribution < -0.4 is 5.32 Å². The molecule has 3 heteroatoms. The van der Waals surface area contributed by atoms with E-state index < -0.39 is 0 Å². The molecule has 0 amide bonds. The Balaban J connectivity index is 2.35. The number of rotatable bonds is 0. The van der Waals surface area contributed by atoms with Crippen LogP contribution in [0.15, 0.2) is 4.99 Å². The van der Waals surface area contributed by atoms with E-state index in [1.54, 1.807) is 0 Å². The second-order valence-corrected chi connectivity index (χ2v) is 3.33. The van der Waals surface area contributed by atoms with Crippen LogP contribution in [-0.2, 0) is 0 Å². The van der Waals surface area contributed by atoms with E-state index in [0.29, 0.717) is 0 Å². The standard InChI is InChI=1S/C6H12N2S/c1-5-3-8-6(7-2)9-4-5/h5H,3-4H2,1-2H3,(H,7,8). The van der Waals surface area contributed by atoms with Crippen LogP contribution in [0.4, 0.5) is 0 Å². The van der Waals surface area contributed by atoms with Crippen molar-refractivity contribution in [3.05, 3.63) is 0 Å². The Kier molecular flexibility index (Phi) is 2.39. The van der Waals surface area contributed by atoms with Crippen molar-refractivity contribution >= 4 is 16.9 Å². The molecule has 1 saturated heterocycles. The van der Waals surface area contributed by atoms with E-state index in [1.807, 2.05) is 18.8 Å². The third kappa shape index (κ3) is 1.90. The van der Waals surface area contributed by atoms with Crippen molar-refractivity contribution in [2.45, 2.75) is 6.92 Å². The third-order valence-corrected chi connectivity index (χ3v) is 2.65. The smallest absolute Gasteiger partial charge is 0.156 e. The van der Waals surface area contributed by atoms with E-state index in [9.17, 15) is 0 Å². The fourth-order valence-corrected chi connectivity index (χ4v) is 1.61. The molecule has 2 nitrogen and oxygen atoms in total. The van der Waals surface area contributed by atoms with Gasteiger partial charge in [-0.25, -0.2) is 0 Å². The monoisotopic (exact) mass is 144 g/mol. The molecule has 0 aromatic rings. The Bertz CT molecular complexity index is 112. The van der Waals surface area contributed by atoms with Gasteiger partial charge in [0.15, 0.2) is 5.17 Å². The zero-order chi connectivity index (χ0) is 6.69. The molecule has 9 heavy (non-hydrogen) atoms. The van der Waals surface area contributed by atoms with Gasteiger partial charge in [-0.3, -0.25) is 4.99 Å². The van der Waals surface area contributed by atoms with Crippen molar-refractivity contribution in [1.82, 2.24) is 5.32 Å². The topological polar surface area (TPSA) is 24.4 Å². The molecule has 0 saturated carbocycles. The molecular weight excluding hydrogens is 132 g/mol. The molecule has 1 atom stereocenters. The van der Waals surface area contributed by atoms with E-state index in [4.69, 9.17) is 0 Å². The molecule has 52 valence electrons. The van der Waals surface area contributed by atoms with Gasteiger partial charge in [-0.05, 0) is 5.92 Å². The Morgan fingerprint density at radius 3 is 3.00 bits per heavy atom. The predicted molar refractivity (Wildman–Crippen MR) is 43.0 cm³/mol. The van der Waals surface area contributed by atoms with Crippen molar-refractivity contribution in [2.24, 2.45) is 10.9 Å². The average molecular weight is 144 g/mol. The van der Waals surface area contributed by atoms with Gasteiger partial charge in [0.25, 0.3) is 0 Å². The quantitative estimate of drug-likeness (QED) is 0.547. The predicted octanol–water partition coefficient (Wildman–Crippen LogP) is 0.945. The van der Waals surface area contributed by atoms with Crippen molar-refractivity contribution in [3.63, 3.8) is 0 Å². The zero-order valence-electron chi connectivity index (χ0n) is 5.85. The van der Waals surface area contributed by atoms with Gasteiger partial charge in [0, 0.05) is 19.3 Å². The molecule has 1 aliphatic heterocycles. The van der Waals surface area contributed by atoms with E-state index in [0.717, 1.165) is 17.6 Å². The lowest BCUT2D eigenvalue weighted by molar-refractivity contribution is 0.629. The fraction of sp³-hybridized carbons (Fsp3) is 0.833. The maximum absolute atomic E-state index is 4.05. The zero-order valence-corrected chi connectivity index (χ0v) is 6.66. The van der Waals surface area contributed by atoms with Gasteiger partial charge >= 0.3 is 0 Å². The lowest BCUT2D eigenvalue weighted by Gasteiger charge is -2.19. The number of nitrogens with zero attached hydrogens (tertiary/aromatic N) is 1. The summed E-state index contributed by atoms with van der Waals surface area (Å²) in [5.41, 5.74) is 0. The molecule has 1 N–H and O–H groups in total. The van der Waals surface area contributed by atoms with Crippen molar-refractivity contribution < 1.29 is 0 Å². The normalized spacial score (nSPS) is 32.2.